The number of hydrogen-bond acceptors (Lipinski definition) is 2. The molecule has 2 N–H and O–H groups in total. The molecule has 3 rings (SSSR count). The lowest BCUT2D eigenvalue weighted by Gasteiger charge is -2.22. The number of nitrogens with zero attached hydrogens (tertiary/aromatic N) is 1. The second-order valence-electron chi connectivity index (χ2n) is 6.25. The van der Waals surface area contributed by atoms with Gasteiger partial charge in [0.25, 0.3) is 0 Å². The van der Waals surface area contributed by atoms with Gasteiger partial charge in [0.2, 0.25) is 0 Å². The first-order valence-corrected chi connectivity index (χ1v) is 8.32. The minimum atomic E-state index is -4.31. The summed E-state index contributed by atoms with van der Waals surface area (Å²) < 4.78 is 43.5. The molecule has 2 aliphatic heterocycles. The van der Waals surface area contributed by atoms with E-state index in [4.69, 9.17) is 4.74 Å². The fourth-order valence-electron chi connectivity index (χ4n) is 3.25. The number of benzene rings is 1. The molecular weight excluding hydrogens is 446 g/mol. The van der Waals surface area contributed by atoms with E-state index in [1.165, 1.54) is 12.1 Å². The molecule has 3 atom stereocenters. The summed E-state index contributed by atoms with van der Waals surface area (Å²) in [6, 6.07) is 5.38. The number of aliphatic imine (C=N–C) groups is 1. The highest BCUT2D eigenvalue weighted by Crippen LogP contribution is 2.34. The minimum absolute atomic E-state index is 0. The second-order valence-corrected chi connectivity index (χ2v) is 6.25. The standard InChI is InChI=1S/C17H22F3N3O.HI/c1-2-21-16(23-14-9-13-7-8-15(14)24-13)22-10-11-3-5-12(6-4-11)17(18,19)20;/h3-6,13-15H,2,7-10H2,1H3,(H2,21,22,23);1H. The lowest BCUT2D eigenvalue weighted by molar-refractivity contribution is -0.137. The molecule has 3 unspecified atom stereocenters. The van der Waals surface area contributed by atoms with Crippen molar-refractivity contribution in [2.24, 2.45) is 4.99 Å². The Hall–Kier alpha value is -1.03. The lowest BCUT2D eigenvalue weighted by atomic mass is 9.96. The number of nitrogens with one attached hydrogen (secondary N) is 2. The molecule has 8 heteroatoms. The van der Waals surface area contributed by atoms with Crippen molar-refractivity contribution in [2.75, 3.05) is 6.54 Å². The van der Waals surface area contributed by atoms with Crippen molar-refractivity contribution in [1.82, 2.24) is 10.6 Å². The average molecular weight is 469 g/mol. The monoisotopic (exact) mass is 469 g/mol. The van der Waals surface area contributed by atoms with Crippen molar-refractivity contribution in [2.45, 2.75) is 57.2 Å². The third kappa shape index (κ3) is 5.22. The van der Waals surface area contributed by atoms with E-state index < -0.39 is 11.7 Å². The molecule has 0 amide bonds. The van der Waals surface area contributed by atoms with Crippen molar-refractivity contribution in [1.29, 1.82) is 0 Å². The number of hydrogen-bond donors (Lipinski definition) is 2. The Morgan fingerprint density at radius 3 is 2.48 bits per heavy atom. The molecule has 0 aliphatic carbocycles. The highest BCUT2D eigenvalue weighted by atomic mass is 127. The van der Waals surface area contributed by atoms with Gasteiger partial charge in [-0.3, -0.25) is 0 Å². The van der Waals surface area contributed by atoms with Crippen LogP contribution in [0.25, 0.3) is 0 Å². The molecule has 2 fully saturated rings. The van der Waals surface area contributed by atoms with Gasteiger partial charge >= 0.3 is 6.18 Å². The molecular formula is C17H23F3IN3O. The zero-order chi connectivity index (χ0) is 17.2. The SMILES string of the molecule is CCNC(=NCc1ccc(C(F)(F)F)cc1)NC1CC2CCC1O2.I. The summed E-state index contributed by atoms with van der Waals surface area (Å²) in [5.74, 6) is 0.679. The summed E-state index contributed by atoms with van der Waals surface area (Å²) in [5, 5.41) is 6.57. The van der Waals surface area contributed by atoms with Crippen LogP contribution in [0, 0.1) is 0 Å². The zero-order valence-electron chi connectivity index (χ0n) is 14.0. The van der Waals surface area contributed by atoms with Crippen LogP contribution in [0.1, 0.15) is 37.3 Å². The van der Waals surface area contributed by atoms with Gasteiger partial charge in [-0.05, 0) is 43.9 Å². The molecule has 25 heavy (non-hydrogen) atoms. The molecule has 1 aromatic rings. The Bertz CT molecular complexity index is 592. The Labute approximate surface area is 162 Å². The van der Waals surface area contributed by atoms with Crippen LogP contribution in [0.5, 0.6) is 0 Å². The molecule has 1 aromatic carbocycles. The van der Waals surface area contributed by atoms with Crippen molar-refractivity contribution >= 4 is 29.9 Å². The van der Waals surface area contributed by atoms with Crippen molar-refractivity contribution in [3.63, 3.8) is 0 Å². The van der Waals surface area contributed by atoms with Crippen molar-refractivity contribution in [3.8, 4) is 0 Å². The van der Waals surface area contributed by atoms with Crippen LogP contribution in [0.4, 0.5) is 13.2 Å². The van der Waals surface area contributed by atoms with E-state index in [0.717, 1.165) is 43.5 Å². The third-order valence-corrected chi connectivity index (χ3v) is 4.47. The molecule has 2 aliphatic rings. The highest BCUT2D eigenvalue weighted by Gasteiger charge is 2.41. The number of ether oxygens (including phenoxy) is 1. The van der Waals surface area contributed by atoms with Gasteiger partial charge in [-0.25, -0.2) is 4.99 Å². The van der Waals surface area contributed by atoms with Crippen LogP contribution in [0.2, 0.25) is 0 Å². The second kappa shape index (κ2) is 8.57. The maximum atomic E-state index is 12.6. The number of rotatable bonds is 4. The van der Waals surface area contributed by atoms with Crippen LogP contribution >= 0.6 is 24.0 Å². The van der Waals surface area contributed by atoms with Crippen LogP contribution in [0.3, 0.4) is 0 Å². The lowest BCUT2D eigenvalue weighted by Crippen LogP contribution is -2.47. The summed E-state index contributed by atoms with van der Waals surface area (Å²) in [5.41, 5.74) is 0.101. The quantitative estimate of drug-likeness (QED) is 0.402. The van der Waals surface area contributed by atoms with Gasteiger partial charge in [-0.1, -0.05) is 12.1 Å². The molecule has 0 radical (unpaired) electrons. The smallest absolute Gasteiger partial charge is 0.373 e. The summed E-state index contributed by atoms with van der Waals surface area (Å²) in [6.07, 6.45) is -0.534. The van der Waals surface area contributed by atoms with Crippen LogP contribution < -0.4 is 10.6 Å². The van der Waals surface area contributed by atoms with E-state index in [9.17, 15) is 13.2 Å². The van der Waals surface area contributed by atoms with E-state index in [-0.39, 0.29) is 36.1 Å². The Morgan fingerprint density at radius 2 is 1.96 bits per heavy atom. The van der Waals surface area contributed by atoms with Crippen LogP contribution in [-0.2, 0) is 17.5 Å². The van der Waals surface area contributed by atoms with Gasteiger partial charge in [0.1, 0.15) is 0 Å². The van der Waals surface area contributed by atoms with Gasteiger partial charge in [-0.15, -0.1) is 24.0 Å². The zero-order valence-corrected chi connectivity index (χ0v) is 16.3. The first-order valence-electron chi connectivity index (χ1n) is 8.32. The summed E-state index contributed by atoms with van der Waals surface area (Å²) >= 11 is 0. The topological polar surface area (TPSA) is 45.7 Å². The van der Waals surface area contributed by atoms with Crippen LogP contribution in [0.15, 0.2) is 29.3 Å². The van der Waals surface area contributed by atoms with E-state index in [1.54, 1.807) is 0 Å². The summed E-state index contributed by atoms with van der Waals surface area (Å²) in [4.78, 5) is 4.48. The Kier molecular flexibility index (Phi) is 6.95. The maximum absolute atomic E-state index is 12.6. The van der Waals surface area contributed by atoms with Gasteiger partial charge < -0.3 is 15.4 Å². The first-order chi connectivity index (χ1) is 11.5. The number of halogens is 4. The molecule has 4 nitrogen and oxygen atoms in total. The minimum Gasteiger partial charge on any atom is -0.373 e. The van der Waals surface area contributed by atoms with Gasteiger partial charge in [0.15, 0.2) is 5.96 Å². The molecule has 0 aromatic heterocycles. The molecule has 140 valence electrons. The van der Waals surface area contributed by atoms with Crippen molar-refractivity contribution in [3.05, 3.63) is 35.4 Å². The normalized spacial score (nSPS) is 25.6. The molecule has 0 saturated carbocycles. The van der Waals surface area contributed by atoms with E-state index in [1.807, 2.05) is 6.92 Å². The van der Waals surface area contributed by atoms with Crippen LogP contribution in [-0.4, -0.2) is 30.8 Å². The first kappa shape index (κ1) is 20.3. The fourth-order valence-corrected chi connectivity index (χ4v) is 3.25. The predicted octanol–water partition coefficient (Wildman–Crippen LogP) is 3.70. The molecule has 2 saturated heterocycles. The third-order valence-electron chi connectivity index (χ3n) is 4.47. The van der Waals surface area contributed by atoms with E-state index in [2.05, 4.69) is 15.6 Å². The molecule has 2 heterocycles. The largest absolute Gasteiger partial charge is 0.416 e. The van der Waals surface area contributed by atoms with E-state index in [0.29, 0.717) is 18.6 Å². The van der Waals surface area contributed by atoms with Gasteiger partial charge in [0, 0.05) is 6.54 Å². The summed E-state index contributed by atoms with van der Waals surface area (Å²) in [6.45, 7) is 3.03. The average Bonchev–Trinajstić information content (AvgIpc) is 3.15. The highest BCUT2D eigenvalue weighted by molar-refractivity contribution is 14.0. The Balaban J connectivity index is 0.00000225. The van der Waals surface area contributed by atoms with Gasteiger partial charge in [-0.2, -0.15) is 13.2 Å². The van der Waals surface area contributed by atoms with E-state index >= 15 is 0 Å². The number of alkyl halides is 3. The molecule has 0 spiro atoms. The fraction of sp³-hybridized carbons (Fsp3) is 0.588. The van der Waals surface area contributed by atoms with Crippen molar-refractivity contribution < 1.29 is 17.9 Å². The van der Waals surface area contributed by atoms with Gasteiger partial charge in [0.05, 0.1) is 30.4 Å². The maximum Gasteiger partial charge on any atom is 0.416 e. The number of fused-ring (bicyclic) bond motifs is 2. The number of guanidine groups is 1. The Morgan fingerprint density at radius 1 is 1.24 bits per heavy atom. The molecule has 2 bridgehead atoms. The summed E-state index contributed by atoms with van der Waals surface area (Å²) in [7, 11) is 0. The predicted molar refractivity (Wildman–Crippen MR) is 101 cm³/mol.